The summed E-state index contributed by atoms with van der Waals surface area (Å²) >= 11 is 0. The van der Waals surface area contributed by atoms with Crippen LogP contribution >= 0.6 is 0 Å². The number of para-hydroxylation sites is 1. The lowest BCUT2D eigenvalue weighted by Gasteiger charge is -2.11. The van der Waals surface area contributed by atoms with E-state index >= 15 is 0 Å². The minimum atomic E-state index is -4.06. The van der Waals surface area contributed by atoms with Crippen LogP contribution in [0.3, 0.4) is 0 Å². The molecule has 12 heteroatoms. The van der Waals surface area contributed by atoms with Crippen molar-refractivity contribution in [2.45, 2.75) is 17.6 Å². The summed E-state index contributed by atoms with van der Waals surface area (Å²) < 4.78 is 60.3. The summed E-state index contributed by atoms with van der Waals surface area (Å²) in [5.41, 5.74) is 0.876. The number of hydrogen-bond acceptors (Lipinski definition) is 8. The van der Waals surface area contributed by atoms with Crippen LogP contribution in [0.2, 0.25) is 0 Å². The van der Waals surface area contributed by atoms with Crippen molar-refractivity contribution in [1.29, 1.82) is 0 Å². The van der Waals surface area contributed by atoms with E-state index in [1.165, 1.54) is 31.6 Å². The van der Waals surface area contributed by atoms with Gasteiger partial charge in [0.2, 0.25) is 12.2 Å². The van der Waals surface area contributed by atoms with Crippen LogP contribution in [0.1, 0.15) is 17.6 Å². The Balaban J connectivity index is 1.55. The van der Waals surface area contributed by atoms with Gasteiger partial charge in [-0.2, -0.15) is 5.10 Å². The maximum Gasteiger partial charge on any atom is 0.266 e. The minimum Gasteiger partial charge on any atom is -0.492 e. The fraction of sp³-hybridized carbons (Fsp3) is 0.211. The van der Waals surface area contributed by atoms with E-state index in [1.54, 1.807) is 12.1 Å². The first kappa shape index (κ1) is 19.3. The average molecular weight is 445 g/mol. The summed E-state index contributed by atoms with van der Waals surface area (Å²) in [6, 6.07) is 7.80. The average Bonchev–Trinajstić information content (AvgIpc) is 3.52. The Labute approximate surface area is 175 Å². The zero-order valence-electron chi connectivity index (χ0n) is 16.1. The van der Waals surface area contributed by atoms with Gasteiger partial charge in [-0.25, -0.2) is 22.5 Å². The van der Waals surface area contributed by atoms with Crippen LogP contribution in [0.15, 0.2) is 52.1 Å². The number of benzene rings is 1. The number of halogens is 1. The minimum absolute atomic E-state index is 0.00954. The molecule has 1 N–H and O–H groups in total. The molecule has 1 aromatic carbocycles. The van der Waals surface area contributed by atoms with E-state index in [1.807, 2.05) is 6.07 Å². The predicted octanol–water partition coefficient (Wildman–Crippen LogP) is 2.68. The largest absolute Gasteiger partial charge is 0.492 e. The van der Waals surface area contributed by atoms with Crippen LogP contribution < -0.4 is 14.2 Å². The highest BCUT2D eigenvalue weighted by Crippen LogP contribution is 2.37. The number of pyridine rings is 1. The van der Waals surface area contributed by atoms with Crippen molar-refractivity contribution < 1.29 is 26.8 Å². The number of nitrogens with zero attached hydrogens (tertiary/aromatic N) is 4. The van der Waals surface area contributed by atoms with Gasteiger partial charge >= 0.3 is 0 Å². The van der Waals surface area contributed by atoms with Crippen LogP contribution in [0.4, 0.5) is 10.2 Å². The number of anilines is 1. The van der Waals surface area contributed by atoms with Crippen molar-refractivity contribution in [2.75, 3.05) is 18.4 Å². The van der Waals surface area contributed by atoms with Gasteiger partial charge in [0.05, 0.1) is 13.7 Å². The van der Waals surface area contributed by atoms with Crippen molar-refractivity contribution in [1.82, 2.24) is 19.9 Å². The Bertz CT molecular complexity index is 1370. The van der Waals surface area contributed by atoms with Gasteiger partial charge < -0.3 is 14.0 Å². The monoisotopic (exact) mass is 445 g/mol. The van der Waals surface area contributed by atoms with E-state index < -0.39 is 16.3 Å². The fourth-order valence-corrected chi connectivity index (χ4v) is 4.61. The highest BCUT2D eigenvalue weighted by Gasteiger charge is 2.28. The number of hydrogen-bond donors (Lipinski definition) is 1. The molecule has 1 unspecified atom stereocenters. The first-order valence-electron chi connectivity index (χ1n) is 9.23. The molecule has 160 valence electrons. The molecule has 4 heterocycles. The molecule has 0 fully saturated rings. The second kappa shape index (κ2) is 7.23. The number of sulfonamides is 1. The molecule has 0 amide bonds. The zero-order chi connectivity index (χ0) is 21.6. The standard InChI is InChI=1S/C19H16FN5O5S/c1-28-19-15-13(10-12(22-19)17(20)25-8-3-7-21-25)30-23-18(15)24-31(26,27)14-5-2-4-11-6-9-29-16(11)14/h2-5,7-8,10,17H,6,9H2,1H3,(H,23,24). The van der Waals surface area contributed by atoms with E-state index in [4.69, 9.17) is 14.0 Å². The SMILES string of the molecule is COc1nc(C(F)n2cccn2)cc2onc(NS(=O)(=O)c3cccc4c3OCC4)c12. The van der Waals surface area contributed by atoms with Crippen molar-refractivity contribution in [3.05, 3.63) is 54.0 Å². The second-order valence-corrected chi connectivity index (χ2v) is 8.38. The molecule has 10 nitrogen and oxygen atoms in total. The van der Waals surface area contributed by atoms with Gasteiger partial charge in [-0.15, -0.1) is 0 Å². The van der Waals surface area contributed by atoms with Gasteiger partial charge in [0.25, 0.3) is 10.0 Å². The number of methoxy groups -OCH3 is 1. The van der Waals surface area contributed by atoms with Crippen molar-refractivity contribution in [3.63, 3.8) is 0 Å². The van der Waals surface area contributed by atoms with Crippen molar-refractivity contribution in [3.8, 4) is 11.6 Å². The molecule has 31 heavy (non-hydrogen) atoms. The zero-order valence-corrected chi connectivity index (χ0v) is 17.0. The molecule has 0 bridgehead atoms. The topological polar surface area (TPSA) is 121 Å². The Hall–Kier alpha value is -3.67. The van der Waals surface area contributed by atoms with Crippen molar-refractivity contribution in [2.24, 2.45) is 0 Å². The van der Waals surface area contributed by atoms with Crippen LogP contribution in [-0.2, 0) is 16.4 Å². The van der Waals surface area contributed by atoms with Crippen LogP contribution in [0.5, 0.6) is 11.6 Å². The highest BCUT2D eigenvalue weighted by atomic mass is 32.2. The Morgan fingerprint density at radius 2 is 2.19 bits per heavy atom. The first-order valence-corrected chi connectivity index (χ1v) is 10.7. The Kier molecular flexibility index (Phi) is 4.50. The van der Waals surface area contributed by atoms with E-state index in [9.17, 15) is 12.8 Å². The number of fused-ring (bicyclic) bond motifs is 2. The summed E-state index contributed by atoms with van der Waals surface area (Å²) in [6.07, 6.45) is 1.83. The van der Waals surface area contributed by atoms with E-state index in [2.05, 4.69) is 20.0 Å². The van der Waals surface area contributed by atoms with Gasteiger partial charge in [-0.3, -0.25) is 4.72 Å². The molecular formula is C19H16FN5O5S. The molecule has 0 aliphatic carbocycles. The second-order valence-electron chi connectivity index (χ2n) is 6.73. The van der Waals surface area contributed by atoms with Gasteiger partial charge in [0.15, 0.2) is 11.4 Å². The lowest BCUT2D eigenvalue weighted by molar-refractivity contribution is 0.262. The molecular weight excluding hydrogens is 429 g/mol. The summed E-state index contributed by atoms with van der Waals surface area (Å²) in [5.74, 6) is 0.140. The maximum atomic E-state index is 14.8. The smallest absolute Gasteiger partial charge is 0.266 e. The third kappa shape index (κ3) is 3.24. The molecule has 0 radical (unpaired) electrons. The fourth-order valence-electron chi connectivity index (χ4n) is 3.42. The lowest BCUT2D eigenvalue weighted by Crippen LogP contribution is -2.14. The first-order chi connectivity index (χ1) is 15.0. The van der Waals surface area contributed by atoms with Gasteiger partial charge in [-0.05, 0) is 17.7 Å². The molecule has 1 aliphatic rings. The van der Waals surface area contributed by atoms with Gasteiger partial charge in [-0.1, -0.05) is 17.3 Å². The third-order valence-corrected chi connectivity index (χ3v) is 6.20. The van der Waals surface area contributed by atoms with E-state index in [0.29, 0.717) is 18.8 Å². The summed E-state index contributed by atoms with van der Waals surface area (Å²) in [5, 5.41) is 7.82. The normalized spacial score (nSPS) is 14.3. The van der Waals surface area contributed by atoms with E-state index in [-0.39, 0.29) is 33.3 Å². The van der Waals surface area contributed by atoms with Crippen LogP contribution in [-0.4, -0.2) is 42.1 Å². The molecule has 0 saturated heterocycles. The number of ether oxygens (including phenoxy) is 2. The van der Waals surface area contributed by atoms with Gasteiger partial charge in [0.1, 0.15) is 21.7 Å². The third-order valence-electron chi connectivity index (χ3n) is 4.84. The highest BCUT2D eigenvalue weighted by molar-refractivity contribution is 7.92. The Morgan fingerprint density at radius 3 is 2.97 bits per heavy atom. The number of nitrogens with one attached hydrogen (secondary N) is 1. The maximum absolute atomic E-state index is 14.8. The van der Waals surface area contributed by atoms with E-state index in [0.717, 1.165) is 10.2 Å². The van der Waals surface area contributed by atoms with Crippen LogP contribution in [0.25, 0.3) is 11.0 Å². The molecule has 5 rings (SSSR count). The van der Waals surface area contributed by atoms with Gasteiger partial charge in [0, 0.05) is 24.9 Å². The number of alkyl halides is 1. The molecule has 1 aliphatic heterocycles. The Morgan fingerprint density at radius 1 is 1.32 bits per heavy atom. The summed E-state index contributed by atoms with van der Waals surface area (Å²) in [6.45, 7) is 0.413. The lowest BCUT2D eigenvalue weighted by atomic mass is 10.2. The quantitative estimate of drug-likeness (QED) is 0.481. The summed E-state index contributed by atoms with van der Waals surface area (Å²) in [4.78, 5) is 4.14. The van der Waals surface area contributed by atoms with Crippen molar-refractivity contribution >= 4 is 26.8 Å². The number of aromatic nitrogens is 4. The molecule has 0 saturated carbocycles. The number of rotatable bonds is 6. The van der Waals surface area contributed by atoms with Crippen LogP contribution in [0, 0.1) is 0 Å². The molecule has 4 aromatic rings. The predicted molar refractivity (Wildman–Crippen MR) is 106 cm³/mol. The molecule has 0 spiro atoms. The summed E-state index contributed by atoms with van der Waals surface area (Å²) in [7, 11) is -2.73. The molecule has 3 aromatic heterocycles. The molecule has 1 atom stereocenters.